The number of nitrogens with zero attached hydrogens (tertiary/aromatic N) is 3. The van der Waals surface area contributed by atoms with Gasteiger partial charge in [0.1, 0.15) is 5.75 Å². The number of rotatable bonds is 3. The summed E-state index contributed by atoms with van der Waals surface area (Å²) in [6.45, 7) is 2.01. The summed E-state index contributed by atoms with van der Waals surface area (Å²) in [5.41, 5.74) is 3.80. The molecule has 1 N–H and O–H groups in total. The number of benzene rings is 1. The molecule has 3 rings (SSSR count). The second-order valence-electron chi connectivity index (χ2n) is 4.71. The highest BCUT2D eigenvalue weighted by molar-refractivity contribution is 7.10. The number of phenolic OH excluding ortho intramolecular Hbond substituents is 1. The highest BCUT2D eigenvalue weighted by Gasteiger charge is 2.11. The first-order chi connectivity index (χ1) is 9.65. The topological polar surface area (TPSA) is 50.9 Å². The van der Waals surface area contributed by atoms with Gasteiger partial charge in [0.15, 0.2) is 0 Å². The number of para-hydroxylation sites is 1. The number of aryl methyl sites for hydroxylation is 2. The fraction of sp³-hybridized carbons (Fsp3) is 0.200. The zero-order valence-corrected chi connectivity index (χ0v) is 12.2. The molecule has 2 heterocycles. The molecule has 5 heteroatoms. The lowest BCUT2D eigenvalue weighted by atomic mass is 10.1. The summed E-state index contributed by atoms with van der Waals surface area (Å²) in [4.78, 5) is 8.91. The average molecular weight is 285 g/mol. The molecule has 0 aliphatic heterocycles. The third-order valence-electron chi connectivity index (χ3n) is 3.32. The Morgan fingerprint density at radius 1 is 1.30 bits per heavy atom. The van der Waals surface area contributed by atoms with Crippen molar-refractivity contribution in [2.24, 2.45) is 7.05 Å². The summed E-state index contributed by atoms with van der Waals surface area (Å²) in [7, 11) is 1.99. The number of imidazole rings is 1. The van der Waals surface area contributed by atoms with E-state index in [1.165, 1.54) is 5.69 Å². The molecule has 0 aliphatic carbocycles. The molecule has 2 aromatic heterocycles. The van der Waals surface area contributed by atoms with E-state index in [0.29, 0.717) is 0 Å². The van der Waals surface area contributed by atoms with Crippen LogP contribution < -0.4 is 0 Å². The van der Waals surface area contributed by atoms with E-state index in [4.69, 9.17) is 0 Å². The van der Waals surface area contributed by atoms with Crippen LogP contribution in [0.4, 0.5) is 0 Å². The summed E-state index contributed by atoms with van der Waals surface area (Å²) in [6.07, 6.45) is 2.59. The molecule has 0 saturated carbocycles. The number of hydrogen-bond acceptors (Lipinski definition) is 4. The summed E-state index contributed by atoms with van der Waals surface area (Å²) in [6, 6.07) is 7.27. The van der Waals surface area contributed by atoms with E-state index in [-0.39, 0.29) is 5.75 Å². The molecule has 0 fully saturated rings. The SMILES string of the molecule is Cc1ncn(C)c1Cc1nc(-c2ccccc2O)cs1. The molecule has 0 unspecified atom stereocenters. The fourth-order valence-corrected chi connectivity index (χ4v) is 2.97. The molecule has 0 spiro atoms. The maximum absolute atomic E-state index is 9.87. The van der Waals surface area contributed by atoms with Crippen LogP contribution in [0.3, 0.4) is 0 Å². The summed E-state index contributed by atoms with van der Waals surface area (Å²) >= 11 is 1.61. The molecule has 0 saturated heterocycles. The van der Waals surface area contributed by atoms with Gasteiger partial charge in [0.25, 0.3) is 0 Å². The molecule has 0 bridgehead atoms. The van der Waals surface area contributed by atoms with Crippen LogP contribution in [-0.4, -0.2) is 19.6 Å². The van der Waals surface area contributed by atoms with Gasteiger partial charge in [-0.05, 0) is 19.1 Å². The first kappa shape index (κ1) is 12.9. The van der Waals surface area contributed by atoms with Gasteiger partial charge in [-0.1, -0.05) is 12.1 Å². The van der Waals surface area contributed by atoms with Gasteiger partial charge in [-0.15, -0.1) is 11.3 Å². The molecule has 1 aromatic carbocycles. The van der Waals surface area contributed by atoms with E-state index in [1.807, 2.05) is 48.4 Å². The van der Waals surface area contributed by atoms with Crippen LogP contribution in [0.2, 0.25) is 0 Å². The quantitative estimate of drug-likeness (QED) is 0.804. The second-order valence-corrected chi connectivity index (χ2v) is 5.65. The molecular weight excluding hydrogens is 270 g/mol. The van der Waals surface area contributed by atoms with Crippen LogP contribution in [-0.2, 0) is 13.5 Å². The van der Waals surface area contributed by atoms with Crippen LogP contribution in [0.15, 0.2) is 36.0 Å². The minimum Gasteiger partial charge on any atom is -0.507 e. The predicted molar refractivity (Wildman–Crippen MR) is 80.0 cm³/mol. The Hall–Kier alpha value is -2.14. The third-order valence-corrected chi connectivity index (χ3v) is 4.17. The largest absolute Gasteiger partial charge is 0.507 e. The van der Waals surface area contributed by atoms with E-state index in [9.17, 15) is 5.11 Å². The predicted octanol–water partition coefficient (Wildman–Crippen LogP) is 3.15. The zero-order valence-electron chi connectivity index (χ0n) is 11.4. The van der Waals surface area contributed by atoms with E-state index in [0.717, 1.165) is 28.4 Å². The minimum atomic E-state index is 0.265. The van der Waals surface area contributed by atoms with Crippen LogP contribution in [0, 0.1) is 6.92 Å². The first-order valence-corrected chi connectivity index (χ1v) is 7.22. The lowest BCUT2D eigenvalue weighted by Gasteiger charge is -2.01. The van der Waals surface area contributed by atoms with Crippen molar-refractivity contribution in [2.75, 3.05) is 0 Å². The number of thiazole rings is 1. The number of phenols is 1. The highest BCUT2D eigenvalue weighted by atomic mass is 32.1. The number of hydrogen-bond donors (Lipinski definition) is 1. The van der Waals surface area contributed by atoms with E-state index < -0.39 is 0 Å². The fourth-order valence-electron chi connectivity index (χ4n) is 2.17. The van der Waals surface area contributed by atoms with Crippen molar-refractivity contribution < 1.29 is 5.11 Å². The maximum Gasteiger partial charge on any atom is 0.125 e. The van der Waals surface area contributed by atoms with Crippen LogP contribution in [0.1, 0.15) is 16.4 Å². The standard InChI is InChI=1S/C15H15N3OS/c1-10-13(18(2)9-16-10)7-15-17-12(8-20-15)11-5-3-4-6-14(11)19/h3-6,8-9,19H,7H2,1-2H3. The molecule has 0 aliphatic rings. The van der Waals surface area contributed by atoms with Crippen molar-refractivity contribution in [3.05, 3.63) is 52.4 Å². The Balaban J connectivity index is 1.90. The van der Waals surface area contributed by atoms with Crippen molar-refractivity contribution in [3.8, 4) is 17.0 Å². The monoisotopic (exact) mass is 285 g/mol. The Morgan fingerprint density at radius 2 is 2.10 bits per heavy atom. The van der Waals surface area contributed by atoms with Crippen LogP contribution in [0.25, 0.3) is 11.3 Å². The first-order valence-electron chi connectivity index (χ1n) is 6.34. The minimum absolute atomic E-state index is 0.265. The summed E-state index contributed by atoms with van der Waals surface area (Å²) < 4.78 is 2.02. The number of aromatic nitrogens is 3. The van der Waals surface area contributed by atoms with Crippen LogP contribution >= 0.6 is 11.3 Å². The Bertz CT molecular complexity index is 726. The highest BCUT2D eigenvalue weighted by Crippen LogP contribution is 2.30. The van der Waals surface area contributed by atoms with Crippen LogP contribution in [0.5, 0.6) is 5.75 Å². The van der Waals surface area contributed by atoms with Gasteiger partial charge < -0.3 is 9.67 Å². The van der Waals surface area contributed by atoms with Gasteiger partial charge in [0, 0.05) is 30.1 Å². The van der Waals surface area contributed by atoms with Gasteiger partial charge in [-0.3, -0.25) is 0 Å². The molecule has 0 atom stereocenters. The molecule has 102 valence electrons. The summed E-state index contributed by atoms with van der Waals surface area (Å²) in [5, 5.41) is 12.9. The third kappa shape index (κ3) is 2.32. The summed E-state index contributed by atoms with van der Waals surface area (Å²) in [5.74, 6) is 0.265. The van der Waals surface area contributed by atoms with E-state index >= 15 is 0 Å². The normalized spacial score (nSPS) is 10.9. The Labute approximate surface area is 121 Å². The molecule has 4 nitrogen and oxygen atoms in total. The van der Waals surface area contributed by atoms with Gasteiger partial charge in [0.05, 0.1) is 22.7 Å². The van der Waals surface area contributed by atoms with Crippen molar-refractivity contribution in [1.29, 1.82) is 0 Å². The van der Waals surface area contributed by atoms with Gasteiger partial charge >= 0.3 is 0 Å². The van der Waals surface area contributed by atoms with Crippen molar-refractivity contribution >= 4 is 11.3 Å². The van der Waals surface area contributed by atoms with Gasteiger partial charge in [0.2, 0.25) is 0 Å². The smallest absolute Gasteiger partial charge is 0.125 e. The zero-order chi connectivity index (χ0) is 14.1. The molecular formula is C15H15N3OS. The van der Waals surface area contributed by atoms with Crippen molar-refractivity contribution in [2.45, 2.75) is 13.3 Å². The van der Waals surface area contributed by atoms with Crippen molar-refractivity contribution in [3.63, 3.8) is 0 Å². The van der Waals surface area contributed by atoms with E-state index in [1.54, 1.807) is 17.4 Å². The maximum atomic E-state index is 9.87. The van der Waals surface area contributed by atoms with E-state index in [2.05, 4.69) is 9.97 Å². The molecule has 0 amide bonds. The molecule has 20 heavy (non-hydrogen) atoms. The number of aromatic hydroxyl groups is 1. The lowest BCUT2D eigenvalue weighted by Crippen LogP contribution is -1.98. The molecule has 3 aromatic rings. The Kier molecular flexibility index (Phi) is 3.28. The Morgan fingerprint density at radius 3 is 2.80 bits per heavy atom. The lowest BCUT2D eigenvalue weighted by molar-refractivity contribution is 0.477. The van der Waals surface area contributed by atoms with Gasteiger partial charge in [-0.25, -0.2) is 9.97 Å². The van der Waals surface area contributed by atoms with Gasteiger partial charge in [-0.2, -0.15) is 0 Å². The average Bonchev–Trinajstić information content (AvgIpc) is 3.02. The second kappa shape index (κ2) is 5.09. The molecule has 0 radical (unpaired) electrons. The van der Waals surface area contributed by atoms with Crippen molar-refractivity contribution in [1.82, 2.24) is 14.5 Å².